The predicted octanol–water partition coefficient (Wildman–Crippen LogP) is -12.0. The first kappa shape index (κ1) is 58.3. The Kier molecular flexibility index (Phi) is 411. The van der Waals surface area contributed by atoms with Crippen LogP contribution in [0.25, 0.3) is 0 Å². The predicted molar refractivity (Wildman–Crippen MR) is 0 cm³/mol. The fraction of sp³-hybridized carbons (Fsp3) is 0. The Labute approximate surface area is 76.5 Å². The van der Waals surface area contributed by atoms with Crippen molar-refractivity contribution in [3.05, 3.63) is 0 Å². The molecule has 0 rings (SSSR count). The minimum atomic E-state index is 0. The Morgan fingerprint density at radius 1 is 0.600 bits per heavy atom. The molecule has 0 aliphatic heterocycles. The number of hydrogen-bond donors (Lipinski definition) is 0. The van der Waals surface area contributed by atoms with Gasteiger partial charge in [-0.25, -0.2) is 0 Å². The van der Waals surface area contributed by atoms with E-state index in [1.807, 2.05) is 0 Å². The van der Waals surface area contributed by atoms with Crippen LogP contribution in [-0.2, 0) is 21.1 Å². The molecule has 0 aromatic rings. The molecule has 0 bridgehead atoms. The van der Waals surface area contributed by atoms with Gasteiger partial charge in [0.1, 0.15) is 0 Å². The first-order valence-electron chi connectivity index (χ1n) is 0. The van der Waals surface area contributed by atoms with Crippen LogP contribution < -0.4 is 56.1 Å². The van der Waals surface area contributed by atoms with E-state index >= 15 is 0 Å². The van der Waals surface area contributed by atoms with Gasteiger partial charge in [-0.05, 0) is 0 Å². The summed E-state index contributed by atoms with van der Waals surface area (Å²) in [5, 5.41) is 0. The summed E-state index contributed by atoms with van der Waals surface area (Å²) in [7, 11) is 0. The van der Waals surface area contributed by atoms with E-state index in [1.54, 1.807) is 0 Å². The zero-order chi connectivity index (χ0) is 0. The maximum absolute atomic E-state index is 0. The van der Waals surface area contributed by atoms with E-state index in [0.717, 1.165) is 0 Å². The first-order valence-corrected chi connectivity index (χ1v) is 0. The average molecular weight is 308 g/mol. The molecule has 0 amide bonds. The van der Waals surface area contributed by atoms with Gasteiger partial charge >= 0.3 is 39.9 Å². The minimum Gasteiger partial charge on any atom is -1.00 e. The largest absolute Gasteiger partial charge is 2.00 e. The number of hydrogen-bond acceptors (Lipinski definition) is 0. The average Bonchev–Trinajstić information content (AvgIpc) is 0. The molecule has 0 radical (unpaired) electrons. The summed E-state index contributed by atoms with van der Waals surface area (Å²) in [6.07, 6.45) is 0. The SMILES string of the molecule is [Cl-].[Cl-].[Cl-].[Li+].[Pt+2]. The fourth-order valence-electron chi connectivity index (χ4n) is 0. The molecule has 5 heteroatoms. The van der Waals surface area contributed by atoms with Gasteiger partial charge in [-0.1, -0.05) is 0 Å². The number of rotatable bonds is 0. The quantitative estimate of drug-likeness (QED) is 0.390. The molecule has 0 aromatic carbocycles. The van der Waals surface area contributed by atoms with Crippen LogP contribution in [-0.4, -0.2) is 0 Å². The van der Waals surface area contributed by atoms with Crippen LogP contribution in [0, 0.1) is 0 Å². The van der Waals surface area contributed by atoms with Crippen LogP contribution in [0.1, 0.15) is 0 Å². The first-order chi connectivity index (χ1) is 0. The maximum atomic E-state index is 0. The van der Waals surface area contributed by atoms with E-state index in [9.17, 15) is 0 Å². The van der Waals surface area contributed by atoms with E-state index in [1.165, 1.54) is 0 Å². The molecule has 0 aromatic heterocycles. The third-order valence-corrected chi connectivity index (χ3v) is 0. The van der Waals surface area contributed by atoms with Crippen molar-refractivity contribution < 1.29 is 77.1 Å². The van der Waals surface area contributed by atoms with Crippen molar-refractivity contribution in [1.29, 1.82) is 0 Å². The van der Waals surface area contributed by atoms with Crippen LogP contribution in [0.2, 0.25) is 0 Å². The van der Waals surface area contributed by atoms with Gasteiger partial charge in [0.2, 0.25) is 0 Å². The molecule has 0 atom stereocenters. The van der Waals surface area contributed by atoms with Crippen molar-refractivity contribution in [2.24, 2.45) is 0 Å². The van der Waals surface area contributed by atoms with Gasteiger partial charge in [0.25, 0.3) is 0 Å². The monoisotopic (exact) mass is 307 g/mol. The topological polar surface area (TPSA) is 0 Å². The summed E-state index contributed by atoms with van der Waals surface area (Å²) in [5.74, 6) is 0. The molecule has 0 nitrogen and oxygen atoms in total. The Balaban J connectivity index is 0. The van der Waals surface area contributed by atoms with E-state index in [4.69, 9.17) is 0 Å². The zero-order valence-corrected chi connectivity index (χ0v) is 6.99. The maximum Gasteiger partial charge on any atom is 2.00 e. The molecule has 0 aliphatic rings. The molecular formula is Cl3LiPt. The Morgan fingerprint density at radius 3 is 0.600 bits per heavy atom. The molecular weight excluding hydrogens is 308 g/mol. The van der Waals surface area contributed by atoms with Crippen LogP contribution in [0.15, 0.2) is 0 Å². The second-order valence-corrected chi connectivity index (χ2v) is 0. The van der Waals surface area contributed by atoms with E-state index in [0.29, 0.717) is 0 Å². The number of halogens is 3. The normalized spacial score (nSPS) is 0. The molecule has 0 unspecified atom stereocenters. The molecule has 0 saturated carbocycles. The van der Waals surface area contributed by atoms with Gasteiger partial charge in [0, 0.05) is 0 Å². The van der Waals surface area contributed by atoms with Gasteiger partial charge in [-0.15, -0.1) is 0 Å². The molecule has 0 fully saturated rings. The molecule has 0 spiro atoms. The van der Waals surface area contributed by atoms with Crippen molar-refractivity contribution in [3.63, 3.8) is 0 Å². The van der Waals surface area contributed by atoms with Gasteiger partial charge in [0.05, 0.1) is 0 Å². The van der Waals surface area contributed by atoms with Crippen molar-refractivity contribution in [1.82, 2.24) is 0 Å². The minimum absolute atomic E-state index is 0. The van der Waals surface area contributed by atoms with Crippen molar-refractivity contribution in [2.75, 3.05) is 0 Å². The van der Waals surface area contributed by atoms with Crippen molar-refractivity contribution in [2.45, 2.75) is 0 Å². The van der Waals surface area contributed by atoms with Gasteiger partial charge in [-0.2, -0.15) is 0 Å². The summed E-state index contributed by atoms with van der Waals surface area (Å²) < 4.78 is 0. The Morgan fingerprint density at radius 2 is 0.600 bits per heavy atom. The molecule has 0 saturated heterocycles. The Bertz CT molecular complexity index is 6.85. The summed E-state index contributed by atoms with van der Waals surface area (Å²) in [4.78, 5) is 0. The third kappa shape index (κ3) is 22.9. The van der Waals surface area contributed by atoms with Crippen LogP contribution in [0.4, 0.5) is 0 Å². The van der Waals surface area contributed by atoms with Crippen molar-refractivity contribution in [3.8, 4) is 0 Å². The van der Waals surface area contributed by atoms with E-state index in [2.05, 4.69) is 0 Å². The molecule has 0 N–H and O–H groups in total. The standard InChI is InChI=1S/3ClH.Li.Pt/h3*1H;;/q;;;+1;+2/p-3. The van der Waals surface area contributed by atoms with Crippen LogP contribution in [0.5, 0.6) is 0 Å². The van der Waals surface area contributed by atoms with E-state index in [-0.39, 0.29) is 77.1 Å². The second-order valence-electron chi connectivity index (χ2n) is 0. The summed E-state index contributed by atoms with van der Waals surface area (Å²) >= 11 is 0. The van der Waals surface area contributed by atoms with Gasteiger partial charge in [-0.3, -0.25) is 0 Å². The molecule has 0 heterocycles. The van der Waals surface area contributed by atoms with Gasteiger partial charge < -0.3 is 37.2 Å². The van der Waals surface area contributed by atoms with Crippen LogP contribution in [0.3, 0.4) is 0 Å². The summed E-state index contributed by atoms with van der Waals surface area (Å²) in [5.41, 5.74) is 0. The van der Waals surface area contributed by atoms with Gasteiger partial charge in [0.15, 0.2) is 0 Å². The third-order valence-electron chi connectivity index (χ3n) is 0. The fourth-order valence-corrected chi connectivity index (χ4v) is 0. The second kappa shape index (κ2) is 35.2. The zero-order valence-electron chi connectivity index (χ0n) is 2.45. The van der Waals surface area contributed by atoms with Crippen molar-refractivity contribution >= 4 is 0 Å². The molecule has 5 heavy (non-hydrogen) atoms. The molecule has 32 valence electrons. The van der Waals surface area contributed by atoms with Crippen LogP contribution >= 0.6 is 0 Å². The summed E-state index contributed by atoms with van der Waals surface area (Å²) in [6.45, 7) is 0. The Hall–Kier alpha value is 2.16. The van der Waals surface area contributed by atoms with E-state index < -0.39 is 0 Å². The smallest absolute Gasteiger partial charge is 1.00 e. The molecule has 0 aliphatic carbocycles. The summed E-state index contributed by atoms with van der Waals surface area (Å²) in [6, 6.07) is 0.